The molecule has 0 aromatic heterocycles. The minimum absolute atomic E-state index is 0.230. The second kappa shape index (κ2) is 10.7. The van der Waals surface area contributed by atoms with E-state index in [1.807, 2.05) is 30.3 Å². The summed E-state index contributed by atoms with van der Waals surface area (Å²) >= 11 is 3.50. The molecule has 2 heterocycles. The third-order valence-corrected chi connectivity index (χ3v) is 9.06. The average Bonchev–Trinajstić information content (AvgIpc) is 3.38. The molecule has 170 valence electrons. The van der Waals surface area contributed by atoms with Crippen LogP contribution in [-0.4, -0.2) is 74.7 Å². The number of nitrogens with zero attached hydrogens (tertiary/aromatic N) is 1. The fraction of sp³-hybridized carbons (Fsp3) is 0.591. The molecule has 1 spiro atoms. The molecule has 3 atom stereocenters. The van der Waals surface area contributed by atoms with Crippen LogP contribution in [-0.2, 0) is 25.5 Å². The first-order chi connectivity index (χ1) is 14.8. The number of likely N-dealkylation sites (tertiary alicyclic amines) is 1. The minimum Gasteiger partial charge on any atom is -0.480 e. The number of aryl methyl sites for hydroxylation is 1. The zero-order valence-corrected chi connectivity index (χ0v) is 19.5. The predicted molar refractivity (Wildman–Crippen MR) is 123 cm³/mol. The summed E-state index contributed by atoms with van der Waals surface area (Å²) < 4.78 is 4.98. The highest BCUT2D eigenvalue weighted by atomic mass is 32.2. The number of rotatable bonds is 9. The number of nitrogens with one attached hydrogen (secondary N) is 1. The maximum atomic E-state index is 13.2. The molecule has 31 heavy (non-hydrogen) atoms. The van der Waals surface area contributed by atoms with Crippen LogP contribution in [0.3, 0.4) is 0 Å². The van der Waals surface area contributed by atoms with Crippen molar-refractivity contribution in [3.8, 4) is 0 Å². The van der Waals surface area contributed by atoms with Crippen molar-refractivity contribution in [3.05, 3.63) is 35.9 Å². The van der Waals surface area contributed by atoms with Crippen molar-refractivity contribution in [2.45, 2.75) is 55.3 Å². The van der Waals surface area contributed by atoms with Crippen molar-refractivity contribution in [1.29, 1.82) is 0 Å². The van der Waals surface area contributed by atoms with Gasteiger partial charge >= 0.3 is 11.9 Å². The van der Waals surface area contributed by atoms with Crippen molar-refractivity contribution in [2.24, 2.45) is 0 Å². The maximum Gasteiger partial charge on any atom is 0.326 e. The number of hydrogen-bond acceptors (Lipinski definition) is 7. The van der Waals surface area contributed by atoms with Gasteiger partial charge in [-0.2, -0.15) is 0 Å². The van der Waals surface area contributed by atoms with E-state index in [0.717, 1.165) is 17.1 Å². The summed E-state index contributed by atoms with van der Waals surface area (Å²) in [4.78, 5) is 39.1. The van der Waals surface area contributed by atoms with Gasteiger partial charge in [0.2, 0.25) is 5.91 Å². The zero-order valence-electron chi connectivity index (χ0n) is 17.9. The van der Waals surface area contributed by atoms with Gasteiger partial charge < -0.3 is 14.7 Å². The standard InChI is InChI=1S/C22H30N2O5S2/c1-3-29-21(28)17(10-9-16-7-5-4-6-8-16)23-15(2)19(25)24-14-22(30-11-12-31-22)13-18(24)20(26)27/h4-8,15,17-18,23H,3,9-14H2,1-2H3,(H,26,27)/t15-,17-,18+/m1/s1. The average molecular weight is 467 g/mol. The number of amides is 1. The fourth-order valence-corrected chi connectivity index (χ4v) is 7.34. The van der Waals surface area contributed by atoms with Crippen LogP contribution in [0.25, 0.3) is 0 Å². The fourth-order valence-electron chi connectivity index (χ4n) is 4.09. The van der Waals surface area contributed by atoms with E-state index >= 15 is 0 Å². The Hall–Kier alpha value is -1.71. The van der Waals surface area contributed by atoms with Crippen LogP contribution in [0, 0.1) is 0 Å². The second-order valence-corrected chi connectivity index (χ2v) is 11.1. The number of esters is 1. The predicted octanol–water partition coefficient (Wildman–Crippen LogP) is 2.39. The summed E-state index contributed by atoms with van der Waals surface area (Å²) in [6.45, 7) is 4.11. The summed E-state index contributed by atoms with van der Waals surface area (Å²) in [5, 5.41) is 12.8. The molecule has 3 rings (SSSR count). The van der Waals surface area contributed by atoms with E-state index in [-0.39, 0.29) is 16.6 Å². The highest BCUT2D eigenvalue weighted by Crippen LogP contribution is 2.51. The van der Waals surface area contributed by atoms with Crippen LogP contribution in [0.15, 0.2) is 30.3 Å². The molecule has 2 saturated heterocycles. The SMILES string of the molecule is CCOC(=O)[C@@H](CCc1ccccc1)N[C@H](C)C(=O)N1CC2(C[C@H]1C(=O)O)SCCS2. The summed E-state index contributed by atoms with van der Waals surface area (Å²) in [5.41, 5.74) is 1.10. The maximum absolute atomic E-state index is 13.2. The number of aliphatic carboxylic acids is 1. The molecule has 1 amide bonds. The third kappa shape index (κ3) is 5.96. The Morgan fingerprint density at radius 2 is 1.94 bits per heavy atom. The topological polar surface area (TPSA) is 95.9 Å². The number of benzene rings is 1. The number of carbonyl (C=O) groups excluding carboxylic acids is 2. The normalized spacial score (nSPS) is 21.7. The molecule has 2 aliphatic rings. The van der Waals surface area contributed by atoms with Crippen LogP contribution in [0.5, 0.6) is 0 Å². The molecule has 1 aromatic carbocycles. The summed E-state index contributed by atoms with van der Waals surface area (Å²) in [6, 6.07) is 7.65. The Kier molecular flexibility index (Phi) is 8.30. The highest BCUT2D eigenvalue weighted by Gasteiger charge is 2.52. The number of carboxylic acids is 1. The molecule has 0 aliphatic carbocycles. The molecule has 7 nitrogen and oxygen atoms in total. The Labute approximate surface area is 191 Å². The minimum atomic E-state index is -0.975. The molecule has 2 N–H and O–H groups in total. The molecule has 2 aliphatic heterocycles. The van der Waals surface area contributed by atoms with E-state index in [0.29, 0.717) is 25.8 Å². The number of thioether (sulfide) groups is 2. The first-order valence-electron chi connectivity index (χ1n) is 10.6. The second-order valence-electron chi connectivity index (χ2n) is 7.85. The number of hydrogen-bond donors (Lipinski definition) is 2. The molecule has 1 aromatic rings. The molecule has 0 unspecified atom stereocenters. The number of carboxylic acid groups (broad SMARTS) is 1. The lowest BCUT2D eigenvalue weighted by Gasteiger charge is -2.28. The Morgan fingerprint density at radius 1 is 1.26 bits per heavy atom. The monoisotopic (exact) mass is 466 g/mol. The molecule has 9 heteroatoms. The summed E-state index contributed by atoms with van der Waals surface area (Å²) in [7, 11) is 0. The van der Waals surface area contributed by atoms with Gasteiger partial charge in [0.15, 0.2) is 0 Å². The molecule has 0 bridgehead atoms. The Bertz CT molecular complexity index is 785. The van der Waals surface area contributed by atoms with Crippen molar-refractivity contribution in [3.63, 3.8) is 0 Å². The van der Waals surface area contributed by atoms with E-state index in [4.69, 9.17) is 4.74 Å². The summed E-state index contributed by atoms with van der Waals surface area (Å²) in [6.07, 6.45) is 1.60. The van der Waals surface area contributed by atoms with E-state index in [2.05, 4.69) is 5.32 Å². The molecule has 0 radical (unpaired) electrons. The van der Waals surface area contributed by atoms with Crippen molar-refractivity contribution >= 4 is 41.4 Å². The van der Waals surface area contributed by atoms with E-state index in [1.165, 1.54) is 4.90 Å². The van der Waals surface area contributed by atoms with Gasteiger partial charge in [-0.3, -0.25) is 14.9 Å². The third-order valence-electron chi connectivity index (χ3n) is 5.63. The molecular weight excluding hydrogens is 436 g/mol. The lowest BCUT2D eigenvalue weighted by atomic mass is 10.0. The van der Waals surface area contributed by atoms with Crippen LogP contribution in [0.2, 0.25) is 0 Å². The number of carbonyl (C=O) groups is 3. The molecule has 2 fully saturated rings. The van der Waals surface area contributed by atoms with Gasteiger partial charge in [-0.05, 0) is 32.3 Å². The van der Waals surface area contributed by atoms with E-state index in [1.54, 1.807) is 37.4 Å². The van der Waals surface area contributed by atoms with Gasteiger partial charge in [0.1, 0.15) is 12.1 Å². The lowest BCUT2D eigenvalue weighted by molar-refractivity contribution is -0.150. The van der Waals surface area contributed by atoms with Gasteiger partial charge in [0.25, 0.3) is 0 Å². The smallest absolute Gasteiger partial charge is 0.326 e. The van der Waals surface area contributed by atoms with Gasteiger partial charge in [-0.15, -0.1) is 23.5 Å². The largest absolute Gasteiger partial charge is 0.480 e. The first kappa shape index (κ1) is 23.9. The van der Waals surface area contributed by atoms with Crippen LogP contribution < -0.4 is 5.32 Å². The quantitative estimate of drug-likeness (QED) is 0.536. The van der Waals surface area contributed by atoms with Crippen molar-refractivity contribution < 1.29 is 24.2 Å². The molecular formula is C22H30N2O5S2. The van der Waals surface area contributed by atoms with Gasteiger partial charge in [-0.1, -0.05) is 30.3 Å². The lowest BCUT2D eigenvalue weighted by Crippen LogP contribution is -2.53. The van der Waals surface area contributed by atoms with Gasteiger partial charge in [-0.25, -0.2) is 4.79 Å². The first-order valence-corrected chi connectivity index (χ1v) is 12.6. The zero-order chi connectivity index (χ0) is 22.4. The van der Waals surface area contributed by atoms with Crippen LogP contribution in [0.1, 0.15) is 32.3 Å². The van der Waals surface area contributed by atoms with Gasteiger partial charge in [0, 0.05) is 24.5 Å². The van der Waals surface area contributed by atoms with Crippen LogP contribution >= 0.6 is 23.5 Å². The van der Waals surface area contributed by atoms with Crippen molar-refractivity contribution in [2.75, 3.05) is 24.7 Å². The van der Waals surface area contributed by atoms with Gasteiger partial charge in [0.05, 0.1) is 16.7 Å². The van der Waals surface area contributed by atoms with E-state index < -0.39 is 30.1 Å². The Balaban J connectivity index is 1.67. The van der Waals surface area contributed by atoms with Crippen LogP contribution in [0.4, 0.5) is 0 Å². The molecule has 0 saturated carbocycles. The summed E-state index contributed by atoms with van der Waals surface area (Å²) in [5.74, 6) is 0.282. The highest BCUT2D eigenvalue weighted by molar-refractivity contribution is 8.21. The Morgan fingerprint density at radius 3 is 2.55 bits per heavy atom. The van der Waals surface area contributed by atoms with Crippen molar-refractivity contribution in [1.82, 2.24) is 10.2 Å². The van der Waals surface area contributed by atoms with E-state index in [9.17, 15) is 19.5 Å². The number of ether oxygens (including phenoxy) is 1.